The fraction of sp³-hybridized carbons (Fsp3) is 0.500. The van der Waals surface area contributed by atoms with Crippen LogP contribution in [0.4, 0.5) is 0 Å². The number of rotatable bonds is 3. The minimum Gasteiger partial charge on any atom is -0.366 e. The Labute approximate surface area is 124 Å². The van der Waals surface area contributed by atoms with E-state index in [0.29, 0.717) is 24.6 Å². The lowest BCUT2D eigenvalue weighted by atomic mass is 9.98. The Morgan fingerprint density at radius 1 is 1.14 bits per heavy atom. The molecule has 21 heavy (non-hydrogen) atoms. The molecule has 0 spiro atoms. The van der Waals surface area contributed by atoms with Gasteiger partial charge in [0, 0.05) is 24.7 Å². The summed E-state index contributed by atoms with van der Waals surface area (Å²) in [6.07, 6.45) is 1.98. The van der Waals surface area contributed by atoms with E-state index in [-0.39, 0.29) is 16.9 Å². The van der Waals surface area contributed by atoms with Gasteiger partial charge in [-0.1, -0.05) is 0 Å². The molecule has 1 saturated carbocycles. The van der Waals surface area contributed by atoms with Crippen LogP contribution in [-0.4, -0.2) is 37.8 Å². The van der Waals surface area contributed by atoms with Crippen LogP contribution in [0, 0.1) is 11.8 Å². The Bertz CT molecular complexity index is 657. The summed E-state index contributed by atoms with van der Waals surface area (Å²) in [7, 11) is -3.52. The monoisotopic (exact) mass is 309 g/mol. The summed E-state index contributed by atoms with van der Waals surface area (Å²) in [5.41, 5.74) is 11.5. The molecule has 1 aliphatic carbocycles. The molecule has 1 aromatic carbocycles. The van der Waals surface area contributed by atoms with Crippen molar-refractivity contribution in [2.24, 2.45) is 23.3 Å². The molecule has 6 nitrogen and oxygen atoms in total. The van der Waals surface area contributed by atoms with Gasteiger partial charge in [0.2, 0.25) is 15.9 Å². The van der Waals surface area contributed by atoms with Gasteiger partial charge in [-0.3, -0.25) is 4.79 Å². The molecule has 0 aromatic heterocycles. The van der Waals surface area contributed by atoms with Gasteiger partial charge in [-0.15, -0.1) is 0 Å². The van der Waals surface area contributed by atoms with Crippen LogP contribution in [-0.2, 0) is 10.0 Å². The number of carbonyl (C=O) groups is 1. The average molecular weight is 309 g/mol. The van der Waals surface area contributed by atoms with Gasteiger partial charge < -0.3 is 11.5 Å². The van der Waals surface area contributed by atoms with Crippen molar-refractivity contribution >= 4 is 15.9 Å². The molecule has 114 valence electrons. The Balaban J connectivity index is 1.83. The highest BCUT2D eigenvalue weighted by atomic mass is 32.2. The molecule has 4 N–H and O–H groups in total. The van der Waals surface area contributed by atoms with Crippen molar-refractivity contribution in [3.8, 4) is 0 Å². The van der Waals surface area contributed by atoms with E-state index in [1.165, 1.54) is 28.6 Å². The molecule has 1 aliphatic heterocycles. The van der Waals surface area contributed by atoms with Crippen LogP contribution in [0.1, 0.15) is 23.2 Å². The molecule has 1 amide bonds. The van der Waals surface area contributed by atoms with E-state index in [0.717, 1.165) is 12.8 Å². The molecule has 3 atom stereocenters. The molecule has 3 unspecified atom stereocenters. The SMILES string of the molecule is NC(=O)c1ccc(S(=O)(=O)N2CC3CCC(N)C3C2)cc1. The lowest BCUT2D eigenvalue weighted by Crippen LogP contribution is -2.33. The van der Waals surface area contributed by atoms with Gasteiger partial charge in [-0.2, -0.15) is 4.31 Å². The standard InChI is InChI=1S/C14H19N3O3S/c15-13-6-3-10-7-17(8-12(10)13)21(19,20)11-4-1-9(2-5-11)14(16)18/h1-2,4-5,10,12-13H,3,6-8,15H2,(H2,16,18). The zero-order chi connectivity index (χ0) is 15.2. The fourth-order valence-electron chi connectivity index (χ4n) is 3.40. The number of amides is 1. The highest BCUT2D eigenvalue weighted by Crippen LogP contribution is 2.39. The summed E-state index contributed by atoms with van der Waals surface area (Å²) < 4.78 is 26.8. The predicted molar refractivity (Wildman–Crippen MR) is 77.9 cm³/mol. The number of fused-ring (bicyclic) bond motifs is 1. The van der Waals surface area contributed by atoms with E-state index < -0.39 is 15.9 Å². The first-order valence-corrected chi connectivity index (χ1v) is 8.49. The number of sulfonamides is 1. The van der Waals surface area contributed by atoms with Crippen LogP contribution < -0.4 is 11.5 Å². The fourth-order valence-corrected chi connectivity index (χ4v) is 4.94. The van der Waals surface area contributed by atoms with Gasteiger partial charge in [-0.25, -0.2) is 8.42 Å². The Kier molecular flexibility index (Phi) is 3.51. The van der Waals surface area contributed by atoms with E-state index in [9.17, 15) is 13.2 Å². The number of hydrogen-bond donors (Lipinski definition) is 2. The third-order valence-corrected chi connectivity index (χ3v) is 6.50. The second-order valence-corrected chi connectivity index (χ2v) is 7.81. The van der Waals surface area contributed by atoms with Crippen LogP contribution in [0.3, 0.4) is 0 Å². The maximum Gasteiger partial charge on any atom is 0.248 e. The summed E-state index contributed by atoms with van der Waals surface area (Å²) in [6, 6.07) is 5.86. The third-order valence-electron chi connectivity index (χ3n) is 4.66. The summed E-state index contributed by atoms with van der Waals surface area (Å²) in [6.45, 7) is 1.03. The second kappa shape index (κ2) is 5.08. The molecule has 1 saturated heterocycles. The number of carbonyl (C=O) groups excluding carboxylic acids is 1. The maximum atomic E-state index is 12.6. The first-order valence-electron chi connectivity index (χ1n) is 7.05. The minimum atomic E-state index is -3.52. The highest BCUT2D eigenvalue weighted by molar-refractivity contribution is 7.89. The molecule has 2 fully saturated rings. The largest absolute Gasteiger partial charge is 0.366 e. The van der Waals surface area contributed by atoms with Crippen molar-refractivity contribution in [3.63, 3.8) is 0 Å². The molecule has 1 aromatic rings. The number of hydrogen-bond acceptors (Lipinski definition) is 4. The Morgan fingerprint density at radius 2 is 1.81 bits per heavy atom. The Morgan fingerprint density at radius 3 is 2.38 bits per heavy atom. The van der Waals surface area contributed by atoms with Gasteiger partial charge in [0.05, 0.1) is 4.90 Å². The smallest absolute Gasteiger partial charge is 0.248 e. The first-order chi connectivity index (χ1) is 9.89. The van der Waals surface area contributed by atoms with E-state index in [1.807, 2.05) is 0 Å². The summed E-state index contributed by atoms with van der Waals surface area (Å²) in [5, 5.41) is 0. The summed E-state index contributed by atoms with van der Waals surface area (Å²) in [5.74, 6) is 0.0740. The van der Waals surface area contributed by atoms with Crippen LogP contribution in [0.5, 0.6) is 0 Å². The van der Waals surface area contributed by atoms with Gasteiger partial charge in [0.1, 0.15) is 0 Å². The van der Waals surface area contributed by atoms with E-state index >= 15 is 0 Å². The molecule has 2 aliphatic rings. The van der Waals surface area contributed by atoms with Crippen LogP contribution in [0.2, 0.25) is 0 Å². The molecule has 0 bridgehead atoms. The van der Waals surface area contributed by atoms with E-state index in [2.05, 4.69) is 0 Å². The average Bonchev–Trinajstić information content (AvgIpc) is 3.02. The van der Waals surface area contributed by atoms with Gasteiger partial charge in [0.25, 0.3) is 0 Å². The lowest BCUT2D eigenvalue weighted by molar-refractivity contribution is 0.1000. The minimum absolute atomic E-state index is 0.104. The zero-order valence-electron chi connectivity index (χ0n) is 11.6. The van der Waals surface area contributed by atoms with Gasteiger partial charge in [-0.05, 0) is 48.9 Å². The first kappa shape index (κ1) is 14.5. The number of primary amides is 1. The normalized spacial score (nSPS) is 29.5. The van der Waals surface area contributed by atoms with Crippen LogP contribution in [0.15, 0.2) is 29.2 Å². The van der Waals surface area contributed by atoms with E-state index in [4.69, 9.17) is 11.5 Å². The van der Waals surface area contributed by atoms with Crippen LogP contribution >= 0.6 is 0 Å². The lowest BCUT2D eigenvalue weighted by Gasteiger charge is -2.18. The molecular weight excluding hydrogens is 290 g/mol. The highest BCUT2D eigenvalue weighted by Gasteiger charge is 2.44. The molecule has 3 rings (SSSR count). The zero-order valence-corrected chi connectivity index (χ0v) is 12.4. The van der Waals surface area contributed by atoms with Crippen molar-refractivity contribution in [2.75, 3.05) is 13.1 Å². The predicted octanol–water partition coefficient (Wildman–Crippen LogP) is 0.143. The third kappa shape index (κ3) is 2.45. The molecule has 7 heteroatoms. The molecular formula is C14H19N3O3S. The van der Waals surface area contributed by atoms with Crippen molar-refractivity contribution in [3.05, 3.63) is 29.8 Å². The van der Waals surface area contributed by atoms with Crippen molar-refractivity contribution in [1.29, 1.82) is 0 Å². The number of benzene rings is 1. The van der Waals surface area contributed by atoms with Crippen molar-refractivity contribution in [1.82, 2.24) is 4.31 Å². The van der Waals surface area contributed by atoms with Gasteiger partial charge in [0.15, 0.2) is 0 Å². The quantitative estimate of drug-likeness (QED) is 0.828. The second-order valence-electron chi connectivity index (χ2n) is 5.88. The maximum absolute atomic E-state index is 12.6. The van der Waals surface area contributed by atoms with Crippen molar-refractivity contribution < 1.29 is 13.2 Å². The molecule has 1 heterocycles. The Hall–Kier alpha value is -1.44. The summed E-state index contributed by atoms with van der Waals surface area (Å²) in [4.78, 5) is 11.2. The van der Waals surface area contributed by atoms with Crippen LogP contribution in [0.25, 0.3) is 0 Å². The molecule has 0 radical (unpaired) electrons. The number of nitrogens with zero attached hydrogens (tertiary/aromatic N) is 1. The van der Waals surface area contributed by atoms with Crippen molar-refractivity contribution in [2.45, 2.75) is 23.8 Å². The number of nitrogens with two attached hydrogens (primary N) is 2. The van der Waals surface area contributed by atoms with Gasteiger partial charge >= 0.3 is 0 Å². The van der Waals surface area contributed by atoms with E-state index in [1.54, 1.807) is 0 Å². The summed E-state index contributed by atoms with van der Waals surface area (Å²) >= 11 is 0. The topological polar surface area (TPSA) is 106 Å².